The second-order valence-electron chi connectivity index (χ2n) is 6.83. The van der Waals surface area contributed by atoms with E-state index in [1.165, 1.54) is 6.26 Å². The highest BCUT2D eigenvalue weighted by Gasteiger charge is 2.16. The number of ether oxygens (including phenoxy) is 2. The maximum absolute atomic E-state index is 11.3. The molecule has 0 radical (unpaired) electrons. The molecule has 0 spiro atoms. The van der Waals surface area contributed by atoms with Crippen molar-refractivity contribution in [2.45, 2.75) is 19.1 Å². The highest BCUT2D eigenvalue weighted by atomic mass is 35.5. The Morgan fingerprint density at radius 1 is 1.16 bits per heavy atom. The highest BCUT2D eigenvalue weighted by molar-refractivity contribution is 7.09. The summed E-state index contributed by atoms with van der Waals surface area (Å²) in [5, 5.41) is 10.3. The lowest BCUT2D eigenvalue weighted by Gasteiger charge is -2.19. The van der Waals surface area contributed by atoms with Crippen molar-refractivity contribution < 1.29 is 23.4 Å². The van der Waals surface area contributed by atoms with Gasteiger partial charge >= 0.3 is 10.7 Å². The third kappa shape index (κ3) is 5.70. The van der Waals surface area contributed by atoms with Crippen molar-refractivity contribution in [3.05, 3.63) is 102 Å². The molecule has 2 aromatic carbocycles. The minimum atomic E-state index is -0.792. The standard InChI is InChI=1S/C22H18ClNO7S/c23-15-3-1-2-14(9-15)18(29-10-17-11-30-22(27)31-17)12-28-16-6-4-13(5-7-16)8-19-20(25)24-21(26)32-19/h1-7,9,11,18,25H,8,10,12H2,(H,24,26). The number of aromatic amines is 1. The Bertz CT molecular complexity index is 1290. The molecule has 0 aliphatic rings. The predicted molar refractivity (Wildman–Crippen MR) is 118 cm³/mol. The predicted octanol–water partition coefficient (Wildman–Crippen LogP) is 4.27. The molecular formula is C22H18ClNO7S. The van der Waals surface area contributed by atoms with Crippen LogP contribution < -0.4 is 15.4 Å². The van der Waals surface area contributed by atoms with E-state index in [-0.39, 0.29) is 29.7 Å². The molecule has 2 heterocycles. The minimum absolute atomic E-state index is 0.0221. The van der Waals surface area contributed by atoms with Crippen molar-refractivity contribution in [3.63, 3.8) is 0 Å². The van der Waals surface area contributed by atoms with Crippen LogP contribution in [0.4, 0.5) is 0 Å². The summed E-state index contributed by atoms with van der Waals surface area (Å²) in [4.78, 5) is 25.0. The van der Waals surface area contributed by atoms with Crippen LogP contribution in [0.3, 0.4) is 0 Å². The molecule has 10 heteroatoms. The first-order valence-electron chi connectivity index (χ1n) is 9.53. The Hall–Kier alpha value is -3.27. The Morgan fingerprint density at radius 2 is 1.97 bits per heavy atom. The molecule has 0 bridgehead atoms. The SMILES string of the molecule is O=c1occ(COC(COc2ccc(Cc3sc(=O)[nH]c3O)cc2)c2cccc(Cl)c2)o1. The van der Waals surface area contributed by atoms with Crippen LogP contribution in [0.2, 0.25) is 5.02 Å². The first-order chi connectivity index (χ1) is 15.5. The van der Waals surface area contributed by atoms with Crippen molar-refractivity contribution in [3.8, 4) is 11.6 Å². The molecule has 1 unspecified atom stereocenters. The number of rotatable bonds is 9. The molecule has 2 N–H and O–H groups in total. The quantitative estimate of drug-likeness (QED) is 0.371. The van der Waals surface area contributed by atoms with Crippen LogP contribution in [0.1, 0.15) is 27.9 Å². The topological polar surface area (TPSA) is 115 Å². The largest absolute Gasteiger partial charge is 0.518 e. The van der Waals surface area contributed by atoms with E-state index in [1.54, 1.807) is 24.3 Å². The van der Waals surface area contributed by atoms with E-state index >= 15 is 0 Å². The summed E-state index contributed by atoms with van der Waals surface area (Å²) < 4.78 is 21.3. The molecule has 0 fully saturated rings. The molecule has 166 valence electrons. The van der Waals surface area contributed by atoms with Crippen LogP contribution in [0, 0.1) is 0 Å². The molecule has 0 aliphatic heterocycles. The van der Waals surface area contributed by atoms with Gasteiger partial charge in [0.05, 0.1) is 4.88 Å². The van der Waals surface area contributed by atoms with Gasteiger partial charge in [-0.25, -0.2) is 4.79 Å². The third-order valence-corrected chi connectivity index (χ3v) is 5.64. The summed E-state index contributed by atoms with van der Waals surface area (Å²) in [6.45, 7) is 0.205. The molecule has 0 amide bonds. The van der Waals surface area contributed by atoms with E-state index < -0.39 is 11.9 Å². The Morgan fingerprint density at radius 3 is 2.62 bits per heavy atom. The number of H-pyrrole nitrogens is 1. The summed E-state index contributed by atoms with van der Waals surface area (Å²) >= 11 is 7.09. The number of thiazole rings is 1. The van der Waals surface area contributed by atoms with E-state index in [1.807, 2.05) is 24.3 Å². The molecule has 4 aromatic rings. The molecule has 1 atom stereocenters. The van der Waals surface area contributed by atoms with E-state index in [2.05, 4.69) is 9.40 Å². The van der Waals surface area contributed by atoms with Gasteiger partial charge in [-0.15, -0.1) is 0 Å². The fourth-order valence-electron chi connectivity index (χ4n) is 3.00. The lowest BCUT2D eigenvalue weighted by molar-refractivity contribution is 0.000224. The second kappa shape index (κ2) is 9.90. The number of hydrogen-bond acceptors (Lipinski definition) is 8. The maximum Gasteiger partial charge on any atom is 0.518 e. The fraction of sp³-hybridized carbons (Fsp3) is 0.182. The fourth-order valence-corrected chi connectivity index (χ4v) is 3.95. The van der Waals surface area contributed by atoms with Gasteiger partial charge in [-0.1, -0.05) is 47.2 Å². The molecule has 0 aliphatic carbocycles. The minimum Gasteiger partial charge on any atom is -0.494 e. The van der Waals surface area contributed by atoms with Gasteiger partial charge in [0.2, 0.25) is 5.88 Å². The van der Waals surface area contributed by atoms with Gasteiger partial charge in [0.15, 0.2) is 5.76 Å². The molecular weight excluding hydrogens is 458 g/mol. The Balaban J connectivity index is 1.42. The number of halogens is 1. The van der Waals surface area contributed by atoms with Gasteiger partial charge in [0.25, 0.3) is 0 Å². The summed E-state index contributed by atoms with van der Waals surface area (Å²) in [5.74, 6) is -0.0119. The van der Waals surface area contributed by atoms with Gasteiger partial charge in [0.1, 0.15) is 31.3 Å². The van der Waals surface area contributed by atoms with Crippen LogP contribution in [0.5, 0.6) is 11.6 Å². The first-order valence-corrected chi connectivity index (χ1v) is 10.7. The van der Waals surface area contributed by atoms with Gasteiger partial charge < -0.3 is 23.4 Å². The van der Waals surface area contributed by atoms with E-state index in [4.69, 9.17) is 25.5 Å². The number of hydrogen-bond donors (Lipinski definition) is 2. The summed E-state index contributed by atoms with van der Waals surface area (Å²) in [6.07, 6.45) is 1.15. The number of benzene rings is 2. The third-order valence-electron chi connectivity index (χ3n) is 4.54. The number of aromatic nitrogens is 1. The maximum atomic E-state index is 11.3. The van der Waals surface area contributed by atoms with Gasteiger partial charge in [0, 0.05) is 11.4 Å². The Kier molecular flexibility index (Phi) is 6.79. The lowest BCUT2D eigenvalue weighted by atomic mass is 10.1. The van der Waals surface area contributed by atoms with Crippen molar-refractivity contribution in [1.29, 1.82) is 0 Å². The lowest BCUT2D eigenvalue weighted by Crippen LogP contribution is -2.14. The van der Waals surface area contributed by atoms with E-state index in [0.717, 1.165) is 22.5 Å². The number of nitrogens with one attached hydrogen (secondary N) is 1. The summed E-state index contributed by atoms with van der Waals surface area (Å²) in [5.41, 5.74) is 1.72. The van der Waals surface area contributed by atoms with Crippen molar-refractivity contribution in [2.24, 2.45) is 0 Å². The average Bonchev–Trinajstić information content (AvgIpc) is 3.33. The first kappa shape index (κ1) is 21.9. The second-order valence-corrected chi connectivity index (χ2v) is 8.33. The zero-order valence-corrected chi connectivity index (χ0v) is 18.2. The van der Waals surface area contributed by atoms with Crippen molar-refractivity contribution in [1.82, 2.24) is 4.98 Å². The van der Waals surface area contributed by atoms with Gasteiger partial charge in [-0.3, -0.25) is 9.78 Å². The molecule has 32 heavy (non-hydrogen) atoms. The van der Waals surface area contributed by atoms with Crippen LogP contribution >= 0.6 is 22.9 Å². The van der Waals surface area contributed by atoms with Gasteiger partial charge in [-0.2, -0.15) is 0 Å². The van der Waals surface area contributed by atoms with Crippen LogP contribution in [0.25, 0.3) is 0 Å². The monoisotopic (exact) mass is 475 g/mol. The Labute approximate surface area is 190 Å². The molecule has 0 saturated heterocycles. The van der Waals surface area contributed by atoms with E-state index in [0.29, 0.717) is 22.1 Å². The molecule has 0 saturated carbocycles. The summed E-state index contributed by atoms with van der Waals surface area (Å²) in [7, 11) is 0. The normalized spacial score (nSPS) is 12.0. The van der Waals surface area contributed by atoms with Crippen molar-refractivity contribution >= 4 is 22.9 Å². The van der Waals surface area contributed by atoms with E-state index in [9.17, 15) is 14.7 Å². The molecule has 2 aromatic heterocycles. The highest BCUT2D eigenvalue weighted by Crippen LogP contribution is 2.25. The summed E-state index contributed by atoms with van der Waals surface area (Å²) in [6, 6.07) is 14.5. The van der Waals surface area contributed by atoms with Crippen LogP contribution in [-0.2, 0) is 17.8 Å². The number of aromatic hydroxyl groups is 1. The zero-order chi connectivity index (χ0) is 22.5. The zero-order valence-electron chi connectivity index (χ0n) is 16.6. The molecule has 8 nitrogen and oxygen atoms in total. The molecule has 4 rings (SSSR count). The average molecular weight is 476 g/mol. The smallest absolute Gasteiger partial charge is 0.494 e. The van der Waals surface area contributed by atoms with Gasteiger partial charge in [-0.05, 0) is 35.4 Å². The van der Waals surface area contributed by atoms with Crippen LogP contribution in [0.15, 0.2) is 73.2 Å². The van der Waals surface area contributed by atoms with Crippen LogP contribution in [-0.4, -0.2) is 16.7 Å². The van der Waals surface area contributed by atoms with Crippen molar-refractivity contribution in [2.75, 3.05) is 6.61 Å².